The van der Waals surface area contributed by atoms with Gasteiger partial charge >= 0.3 is 0 Å². The molecule has 1 N–H and O–H groups in total. The van der Waals surface area contributed by atoms with Gasteiger partial charge in [0.25, 0.3) is 5.91 Å². The van der Waals surface area contributed by atoms with Gasteiger partial charge in [-0.25, -0.2) is 4.98 Å². The Balaban J connectivity index is 1.35. The van der Waals surface area contributed by atoms with Crippen molar-refractivity contribution < 1.29 is 4.79 Å². The maximum atomic E-state index is 13.4. The molecule has 0 spiro atoms. The van der Waals surface area contributed by atoms with Gasteiger partial charge in [-0.05, 0) is 30.4 Å². The summed E-state index contributed by atoms with van der Waals surface area (Å²) in [6.07, 6.45) is 8.38. The first-order valence-corrected chi connectivity index (χ1v) is 10.8. The number of piperidine rings is 1. The van der Waals surface area contributed by atoms with Gasteiger partial charge in [-0.3, -0.25) is 9.48 Å². The number of H-pyrrole nitrogens is 1. The smallest absolute Gasteiger partial charge is 0.257 e. The third kappa shape index (κ3) is 4.14. The van der Waals surface area contributed by atoms with Crippen LogP contribution in [0.5, 0.6) is 0 Å². The lowest BCUT2D eigenvalue weighted by Crippen LogP contribution is -2.38. The van der Waals surface area contributed by atoms with E-state index in [0.29, 0.717) is 12.1 Å². The van der Waals surface area contributed by atoms with E-state index in [1.807, 2.05) is 58.4 Å². The third-order valence-corrected chi connectivity index (χ3v) is 5.83. The lowest BCUT2D eigenvalue weighted by atomic mass is 10.0. The second-order valence-electron chi connectivity index (χ2n) is 7.97. The van der Waals surface area contributed by atoms with Crippen molar-refractivity contribution in [2.75, 3.05) is 6.54 Å². The molecule has 1 aliphatic rings. The Morgan fingerprint density at radius 2 is 1.77 bits per heavy atom. The number of hydrogen-bond acceptors (Lipinski definition) is 3. The molecule has 5 rings (SSSR count). The minimum Gasteiger partial charge on any atom is -0.340 e. The molecule has 0 radical (unpaired) electrons. The summed E-state index contributed by atoms with van der Waals surface area (Å²) in [7, 11) is 0. The summed E-state index contributed by atoms with van der Waals surface area (Å²) >= 11 is 0. The number of benzene rings is 2. The molecule has 2 aromatic heterocycles. The lowest BCUT2D eigenvalue weighted by Gasteiger charge is -2.34. The molecule has 6 heteroatoms. The third-order valence-electron chi connectivity index (χ3n) is 5.83. The number of nitrogens with one attached hydrogen (secondary N) is 1. The molecule has 1 fully saturated rings. The van der Waals surface area contributed by atoms with Crippen molar-refractivity contribution in [2.45, 2.75) is 31.8 Å². The van der Waals surface area contributed by atoms with E-state index in [4.69, 9.17) is 0 Å². The monoisotopic (exact) mass is 411 g/mol. The molecule has 1 saturated heterocycles. The Morgan fingerprint density at radius 1 is 1.00 bits per heavy atom. The van der Waals surface area contributed by atoms with Crippen molar-refractivity contribution in [1.29, 1.82) is 0 Å². The Bertz CT molecular complexity index is 1150. The zero-order valence-corrected chi connectivity index (χ0v) is 17.3. The second kappa shape index (κ2) is 8.60. The van der Waals surface area contributed by atoms with Gasteiger partial charge in [0.15, 0.2) is 0 Å². The van der Waals surface area contributed by atoms with Crippen molar-refractivity contribution in [2.24, 2.45) is 0 Å². The van der Waals surface area contributed by atoms with Crippen LogP contribution in [0.25, 0.3) is 11.3 Å². The number of carbonyl (C=O) groups is 1. The van der Waals surface area contributed by atoms with E-state index in [1.54, 1.807) is 6.20 Å². The normalized spacial score (nSPS) is 16.4. The predicted octanol–water partition coefficient (Wildman–Crippen LogP) is 4.69. The number of rotatable bonds is 5. The second-order valence-corrected chi connectivity index (χ2v) is 7.97. The van der Waals surface area contributed by atoms with E-state index in [-0.39, 0.29) is 11.9 Å². The molecule has 1 aliphatic heterocycles. The highest BCUT2D eigenvalue weighted by atomic mass is 16.2. The summed E-state index contributed by atoms with van der Waals surface area (Å²) in [4.78, 5) is 23.4. The van der Waals surface area contributed by atoms with Crippen molar-refractivity contribution in [3.63, 3.8) is 0 Å². The number of carbonyl (C=O) groups excluding carboxylic acids is 1. The fourth-order valence-corrected chi connectivity index (χ4v) is 4.23. The molecule has 3 heterocycles. The zero-order valence-electron chi connectivity index (χ0n) is 17.3. The Morgan fingerprint density at radius 3 is 2.58 bits per heavy atom. The van der Waals surface area contributed by atoms with Crippen LogP contribution in [0.3, 0.4) is 0 Å². The topological polar surface area (TPSA) is 66.8 Å². The average Bonchev–Trinajstić information content (AvgIpc) is 3.50. The first-order chi connectivity index (χ1) is 15.3. The largest absolute Gasteiger partial charge is 0.340 e. The fourth-order valence-electron chi connectivity index (χ4n) is 4.23. The number of nitrogens with zero attached hydrogens (tertiary/aromatic N) is 4. The predicted molar refractivity (Wildman–Crippen MR) is 119 cm³/mol. The fraction of sp³-hybridized carbons (Fsp3) is 0.240. The summed E-state index contributed by atoms with van der Waals surface area (Å²) in [5, 5.41) is 4.41. The molecular weight excluding hydrogens is 386 g/mol. The number of hydrogen-bond donors (Lipinski definition) is 1. The average molecular weight is 412 g/mol. The molecule has 31 heavy (non-hydrogen) atoms. The van der Waals surface area contributed by atoms with Gasteiger partial charge in [0.05, 0.1) is 36.2 Å². The molecule has 2 aromatic carbocycles. The van der Waals surface area contributed by atoms with Crippen LogP contribution in [0, 0.1) is 0 Å². The molecule has 156 valence electrons. The number of amides is 1. The maximum absolute atomic E-state index is 13.4. The van der Waals surface area contributed by atoms with Gasteiger partial charge in [0.1, 0.15) is 5.82 Å². The summed E-state index contributed by atoms with van der Waals surface area (Å²) in [6, 6.07) is 20.2. The van der Waals surface area contributed by atoms with Gasteiger partial charge in [0, 0.05) is 12.7 Å². The molecular formula is C25H25N5O. The Hall–Kier alpha value is -3.67. The van der Waals surface area contributed by atoms with Crippen LogP contribution < -0.4 is 0 Å². The van der Waals surface area contributed by atoms with Gasteiger partial charge < -0.3 is 9.88 Å². The van der Waals surface area contributed by atoms with E-state index >= 15 is 0 Å². The molecule has 0 aliphatic carbocycles. The molecule has 0 bridgehead atoms. The number of aromatic amines is 1. The Labute approximate surface area is 181 Å². The quantitative estimate of drug-likeness (QED) is 0.518. The van der Waals surface area contributed by atoms with Gasteiger partial charge in [-0.2, -0.15) is 5.10 Å². The summed E-state index contributed by atoms with van der Waals surface area (Å²) in [5.74, 6) is 0.866. The molecule has 1 amide bonds. The molecule has 0 saturated carbocycles. The molecule has 6 nitrogen and oxygen atoms in total. The van der Waals surface area contributed by atoms with E-state index in [0.717, 1.165) is 48.5 Å². The van der Waals surface area contributed by atoms with Crippen LogP contribution in [0.4, 0.5) is 0 Å². The maximum Gasteiger partial charge on any atom is 0.257 e. The van der Waals surface area contributed by atoms with Crippen LogP contribution in [-0.2, 0) is 6.54 Å². The van der Waals surface area contributed by atoms with Crippen LogP contribution in [0.2, 0.25) is 0 Å². The van der Waals surface area contributed by atoms with E-state index in [1.165, 1.54) is 0 Å². The van der Waals surface area contributed by atoms with Crippen LogP contribution >= 0.6 is 0 Å². The lowest BCUT2D eigenvalue weighted by molar-refractivity contribution is 0.0601. The molecule has 1 unspecified atom stereocenters. The van der Waals surface area contributed by atoms with Crippen LogP contribution in [-0.4, -0.2) is 37.1 Å². The van der Waals surface area contributed by atoms with E-state index < -0.39 is 0 Å². The number of imidazole rings is 1. The van der Waals surface area contributed by atoms with E-state index in [9.17, 15) is 4.79 Å². The summed E-state index contributed by atoms with van der Waals surface area (Å²) < 4.78 is 1.82. The van der Waals surface area contributed by atoms with E-state index in [2.05, 4.69) is 39.3 Å². The van der Waals surface area contributed by atoms with Gasteiger partial charge in [-0.15, -0.1) is 0 Å². The summed E-state index contributed by atoms with van der Waals surface area (Å²) in [5.41, 5.74) is 3.85. The van der Waals surface area contributed by atoms with Crippen molar-refractivity contribution >= 4 is 5.91 Å². The van der Waals surface area contributed by atoms with Gasteiger partial charge in [0.2, 0.25) is 0 Å². The minimum atomic E-state index is -0.0452. The number of aromatic nitrogens is 4. The zero-order chi connectivity index (χ0) is 21.0. The van der Waals surface area contributed by atoms with Gasteiger partial charge in [-0.1, -0.05) is 60.7 Å². The first kappa shape index (κ1) is 19.3. The van der Waals surface area contributed by atoms with Crippen molar-refractivity contribution in [3.8, 4) is 11.3 Å². The SMILES string of the molecule is O=C(c1cnn(Cc2ccccc2)c1)N1CCCCC1c1ncc(-c2ccccc2)[nH]1. The molecule has 1 atom stereocenters. The highest BCUT2D eigenvalue weighted by Gasteiger charge is 2.31. The molecule has 4 aromatic rings. The highest BCUT2D eigenvalue weighted by molar-refractivity contribution is 5.94. The number of likely N-dealkylation sites (tertiary alicyclic amines) is 1. The van der Waals surface area contributed by atoms with Crippen molar-refractivity contribution in [3.05, 3.63) is 96.2 Å². The van der Waals surface area contributed by atoms with Crippen molar-refractivity contribution in [1.82, 2.24) is 24.6 Å². The van der Waals surface area contributed by atoms with Crippen LogP contribution in [0.1, 0.15) is 47.1 Å². The Kier molecular flexibility index (Phi) is 5.35. The standard InChI is InChI=1S/C25H25N5O/c31-25(21-15-27-29(18-21)17-19-9-3-1-4-10-19)30-14-8-7-13-23(30)24-26-16-22(28-24)20-11-5-2-6-12-20/h1-6,9-12,15-16,18,23H,7-8,13-14,17H2,(H,26,28). The minimum absolute atomic E-state index is 0.0154. The summed E-state index contributed by atoms with van der Waals surface area (Å²) in [6.45, 7) is 1.38. The first-order valence-electron chi connectivity index (χ1n) is 10.8. The van der Waals surface area contributed by atoms with Crippen LogP contribution in [0.15, 0.2) is 79.3 Å². The highest BCUT2D eigenvalue weighted by Crippen LogP contribution is 2.31.